The molecular weight excluding hydrogens is 332 g/mol. The number of nitrogens with one attached hydrogen (secondary N) is 2. The van der Waals surface area contributed by atoms with Crippen LogP contribution in [-0.2, 0) is 0 Å². The molecule has 0 bridgehead atoms. The van der Waals surface area contributed by atoms with E-state index in [9.17, 15) is 14.9 Å². The second-order valence-electron chi connectivity index (χ2n) is 6.17. The number of carbonyl (C=O) groups excluding carboxylic acids is 1. The highest BCUT2D eigenvalue weighted by Gasteiger charge is 2.24. The number of nitro groups is 1. The van der Waals surface area contributed by atoms with Crippen molar-refractivity contribution in [3.05, 3.63) is 33.9 Å². The van der Waals surface area contributed by atoms with Gasteiger partial charge in [-0.3, -0.25) is 14.9 Å². The maximum Gasteiger partial charge on any atom is 0.293 e. The fraction of sp³-hybridized carbons (Fsp3) is 0.562. The fourth-order valence-corrected chi connectivity index (χ4v) is 3.28. The Hall–Kier alpha value is -1.86. The van der Waals surface area contributed by atoms with Crippen molar-refractivity contribution in [2.24, 2.45) is 0 Å². The van der Waals surface area contributed by atoms with Crippen LogP contribution in [0.5, 0.6) is 0 Å². The van der Waals surface area contributed by atoms with E-state index in [0.717, 1.165) is 51.9 Å². The molecule has 2 fully saturated rings. The summed E-state index contributed by atoms with van der Waals surface area (Å²) in [5, 5.41) is 17.6. The van der Waals surface area contributed by atoms with E-state index >= 15 is 0 Å². The van der Waals surface area contributed by atoms with Crippen molar-refractivity contribution < 1.29 is 9.72 Å². The minimum atomic E-state index is -0.396. The lowest BCUT2D eigenvalue weighted by atomic mass is 10.1. The van der Waals surface area contributed by atoms with Gasteiger partial charge in [-0.05, 0) is 44.4 Å². The Morgan fingerprint density at radius 3 is 2.67 bits per heavy atom. The highest BCUT2D eigenvalue weighted by atomic mass is 35.5. The van der Waals surface area contributed by atoms with Crippen molar-refractivity contribution in [1.82, 2.24) is 10.6 Å². The first-order valence-corrected chi connectivity index (χ1v) is 8.20. The molecule has 0 aliphatic carbocycles. The first-order valence-electron chi connectivity index (χ1n) is 8.20. The molecule has 2 saturated heterocycles. The highest BCUT2D eigenvalue weighted by Crippen LogP contribution is 2.31. The molecule has 0 radical (unpaired) electrons. The number of carbonyl (C=O) groups is 1. The number of piperidine rings is 1. The van der Waals surface area contributed by atoms with Crippen LogP contribution in [0.25, 0.3) is 0 Å². The van der Waals surface area contributed by atoms with Crippen LogP contribution in [0.3, 0.4) is 0 Å². The first-order chi connectivity index (χ1) is 11.1. The fourth-order valence-electron chi connectivity index (χ4n) is 3.28. The van der Waals surface area contributed by atoms with Gasteiger partial charge in [0, 0.05) is 37.3 Å². The van der Waals surface area contributed by atoms with Gasteiger partial charge >= 0.3 is 0 Å². The molecule has 1 aromatic rings. The van der Waals surface area contributed by atoms with E-state index in [4.69, 9.17) is 0 Å². The van der Waals surface area contributed by atoms with Crippen molar-refractivity contribution in [2.75, 3.05) is 31.1 Å². The largest absolute Gasteiger partial charge is 0.366 e. The van der Waals surface area contributed by atoms with E-state index in [0.29, 0.717) is 11.3 Å². The molecule has 1 amide bonds. The van der Waals surface area contributed by atoms with Gasteiger partial charge in [-0.1, -0.05) is 0 Å². The second-order valence-corrected chi connectivity index (χ2v) is 6.17. The summed E-state index contributed by atoms with van der Waals surface area (Å²) >= 11 is 0. The zero-order valence-corrected chi connectivity index (χ0v) is 14.3. The van der Waals surface area contributed by atoms with Crippen LogP contribution >= 0.6 is 12.4 Å². The third kappa shape index (κ3) is 4.15. The molecule has 2 aliphatic heterocycles. The van der Waals surface area contributed by atoms with E-state index in [-0.39, 0.29) is 30.0 Å². The molecular formula is C16H23ClN4O3. The van der Waals surface area contributed by atoms with Crippen LogP contribution in [-0.4, -0.2) is 43.1 Å². The minimum Gasteiger partial charge on any atom is -0.366 e. The van der Waals surface area contributed by atoms with E-state index in [1.807, 2.05) is 4.90 Å². The predicted molar refractivity (Wildman–Crippen MR) is 95.1 cm³/mol. The maximum absolute atomic E-state index is 12.3. The third-order valence-electron chi connectivity index (χ3n) is 4.51. The Labute approximate surface area is 147 Å². The molecule has 0 aromatic heterocycles. The highest BCUT2D eigenvalue weighted by molar-refractivity contribution is 5.96. The van der Waals surface area contributed by atoms with Gasteiger partial charge in [-0.2, -0.15) is 0 Å². The monoisotopic (exact) mass is 354 g/mol. The molecule has 1 aromatic carbocycles. The number of nitrogens with zero attached hydrogens (tertiary/aromatic N) is 2. The summed E-state index contributed by atoms with van der Waals surface area (Å²) in [5.74, 6) is -0.241. The lowest BCUT2D eigenvalue weighted by Gasteiger charge is -2.24. The number of hydrogen-bond acceptors (Lipinski definition) is 5. The van der Waals surface area contributed by atoms with Crippen molar-refractivity contribution >= 4 is 29.7 Å². The molecule has 0 spiro atoms. The van der Waals surface area contributed by atoms with Gasteiger partial charge in [0.1, 0.15) is 5.69 Å². The van der Waals surface area contributed by atoms with Gasteiger partial charge in [-0.25, -0.2) is 0 Å². The minimum absolute atomic E-state index is 0. The molecule has 0 saturated carbocycles. The SMILES string of the molecule is Cl.O=C(NC1CCCNC1)c1ccc(N2CCCC2)c([N+](=O)[O-])c1. The van der Waals surface area contributed by atoms with E-state index in [2.05, 4.69) is 10.6 Å². The summed E-state index contributed by atoms with van der Waals surface area (Å²) in [6.07, 6.45) is 4.06. The summed E-state index contributed by atoms with van der Waals surface area (Å²) < 4.78 is 0. The van der Waals surface area contributed by atoms with Gasteiger partial charge in [-0.15, -0.1) is 12.4 Å². The topological polar surface area (TPSA) is 87.5 Å². The molecule has 132 valence electrons. The normalized spacial score (nSPS) is 20.3. The van der Waals surface area contributed by atoms with E-state index in [1.54, 1.807) is 12.1 Å². The molecule has 2 aliphatic rings. The van der Waals surface area contributed by atoms with E-state index < -0.39 is 4.92 Å². The summed E-state index contributed by atoms with van der Waals surface area (Å²) in [5.41, 5.74) is 0.981. The van der Waals surface area contributed by atoms with Crippen LogP contribution in [0.4, 0.5) is 11.4 Å². The van der Waals surface area contributed by atoms with Gasteiger partial charge in [0.05, 0.1) is 4.92 Å². The zero-order chi connectivity index (χ0) is 16.2. The van der Waals surface area contributed by atoms with Crippen molar-refractivity contribution in [1.29, 1.82) is 0 Å². The average Bonchev–Trinajstić information content (AvgIpc) is 3.09. The van der Waals surface area contributed by atoms with Crippen molar-refractivity contribution in [3.8, 4) is 0 Å². The Kier molecular flexibility index (Phi) is 6.39. The van der Waals surface area contributed by atoms with Crippen LogP contribution in [0.2, 0.25) is 0 Å². The van der Waals surface area contributed by atoms with E-state index in [1.165, 1.54) is 6.07 Å². The van der Waals surface area contributed by atoms with Gasteiger partial charge < -0.3 is 15.5 Å². The van der Waals surface area contributed by atoms with Crippen LogP contribution in [0, 0.1) is 10.1 Å². The Bertz CT molecular complexity index is 599. The first kappa shape index (κ1) is 18.5. The Morgan fingerprint density at radius 1 is 1.29 bits per heavy atom. The molecule has 2 heterocycles. The van der Waals surface area contributed by atoms with Gasteiger partial charge in [0.15, 0.2) is 0 Å². The Balaban J connectivity index is 0.00000208. The number of amides is 1. The van der Waals surface area contributed by atoms with Gasteiger partial charge in [0.25, 0.3) is 11.6 Å². The standard InChI is InChI=1S/C16H22N4O3.ClH/c21-16(18-13-4-3-7-17-11-13)12-5-6-14(15(10-12)20(22)23)19-8-1-2-9-19;/h5-6,10,13,17H,1-4,7-9,11H2,(H,18,21);1H. The average molecular weight is 355 g/mol. The predicted octanol–water partition coefficient (Wildman–Crippen LogP) is 2.10. The molecule has 7 nitrogen and oxygen atoms in total. The number of benzene rings is 1. The van der Waals surface area contributed by atoms with Crippen LogP contribution in [0.15, 0.2) is 18.2 Å². The summed E-state index contributed by atoms with van der Waals surface area (Å²) in [7, 11) is 0. The maximum atomic E-state index is 12.3. The summed E-state index contributed by atoms with van der Waals surface area (Å²) in [4.78, 5) is 25.3. The summed E-state index contributed by atoms with van der Waals surface area (Å²) in [6, 6.07) is 4.89. The zero-order valence-electron chi connectivity index (χ0n) is 13.5. The van der Waals surface area contributed by atoms with Crippen LogP contribution < -0.4 is 15.5 Å². The number of nitro benzene ring substituents is 1. The number of hydrogen-bond donors (Lipinski definition) is 2. The third-order valence-corrected chi connectivity index (χ3v) is 4.51. The second kappa shape index (κ2) is 8.30. The molecule has 24 heavy (non-hydrogen) atoms. The molecule has 8 heteroatoms. The Morgan fingerprint density at radius 2 is 2.04 bits per heavy atom. The van der Waals surface area contributed by atoms with Gasteiger partial charge in [0.2, 0.25) is 0 Å². The van der Waals surface area contributed by atoms with Crippen molar-refractivity contribution in [3.63, 3.8) is 0 Å². The number of anilines is 1. The van der Waals surface area contributed by atoms with Crippen LogP contribution in [0.1, 0.15) is 36.0 Å². The lowest BCUT2D eigenvalue weighted by Crippen LogP contribution is -2.45. The summed E-state index contributed by atoms with van der Waals surface area (Å²) in [6.45, 7) is 3.39. The quantitative estimate of drug-likeness (QED) is 0.638. The number of halogens is 1. The number of rotatable bonds is 4. The molecule has 1 atom stereocenters. The molecule has 1 unspecified atom stereocenters. The molecule has 3 rings (SSSR count). The van der Waals surface area contributed by atoms with Crippen molar-refractivity contribution in [2.45, 2.75) is 31.7 Å². The smallest absolute Gasteiger partial charge is 0.293 e. The molecule has 2 N–H and O–H groups in total. The lowest BCUT2D eigenvalue weighted by molar-refractivity contribution is -0.384.